The third kappa shape index (κ3) is 10.5. The molecule has 4 aromatic heterocycles. The van der Waals surface area contributed by atoms with Crippen LogP contribution in [0.4, 0.5) is 34.1 Å². The molecule has 0 bridgehead atoms. The van der Waals surface area contributed by atoms with Crippen LogP contribution in [0.5, 0.6) is 0 Å². The van der Waals surface area contributed by atoms with E-state index >= 15 is 0 Å². The highest BCUT2D eigenvalue weighted by Gasteiger charge is 2.44. The van der Waals surface area contributed by atoms with E-state index in [1.807, 2.05) is 45.3 Å². The van der Waals surface area contributed by atoms with Crippen LogP contribution < -0.4 is 26.2 Å². The monoisotopic (exact) mass is 1490 g/mol. The Hall–Kier alpha value is -10.1. The van der Waals surface area contributed by atoms with Crippen LogP contribution in [0.3, 0.4) is 0 Å². The van der Waals surface area contributed by atoms with Crippen molar-refractivity contribution in [2.75, 3.05) is 9.80 Å². The summed E-state index contributed by atoms with van der Waals surface area (Å²) in [6, 6.07) is 103. The molecule has 0 atom stereocenters. The molecule has 15 aromatic rings. The van der Waals surface area contributed by atoms with E-state index in [9.17, 15) is 0 Å². The molecule has 5 aliphatic rings. The van der Waals surface area contributed by atoms with Crippen molar-refractivity contribution in [1.29, 1.82) is 0 Å². The van der Waals surface area contributed by atoms with E-state index in [2.05, 4.69) is 374 Å². The smallest absolute Gasteiger partial charge is 0.245 e. The van der Waals surface area contributed by atoms with Crippen molar-refractivity contribution in [3.8, 4) is 94.7 Å². The summed E-state index contributed by atoms with van der Waals surface area (Å²) in [5, 5.41) is 0. The Balaban J connectivity index is 0.642. The number of benzene rings is 11. The first-order chi connectivity index (χ1) is 53.0. The summed E-state index contributed by atoms with van der Waals surface area (Å²) >= 11 is 7.85. The van der Waals surface area contributed by atoms with Gasteiger partial charge < -0.3 is 9.80 Å². The maximum Gasteiger partial charge on any atom is 0.245 e. The third-order valence-corrected chi connectivity index (χ3v) is 30.8. The van der Waals surface area contributed by atoms with Crippen LogP contribution >= 0.6 is 45.3 Å². The Morgan fingerprint density at radius 3 is 0.836 bits per heavy atom. The Bertz CT molecular complexity index is 5700. The molecule has 2 nitrogen and oxygen atoms in total. The first-order valence-corrected chi connectivity index (χ1v) is 42.7. The lowest BCUT2D eigenvalue weighted by Gasteiger charge is -2.30. The van der Waals surface area contributed by atoms with Crippen LogP contribution in [-0.4, -0.2) is 6.71 Å². The van der Waals surface area contributed by atoms with Gasteiger partial charge in [0.25, 0.3) is 0 Å². The molecule has 0 N–H and O–H groups in total. The number of anilines is 6. The molecule has 4 aliphatic carbocycles. The fraction of sp³-hybridized carbons (Fsp3) is 0.204. The van der Waals surface area contributed by atoms with E-state index in [0.29, 0.717) is 17.8 Å². The number of nitrogens with zero attached hydrogens (tertiary/aromatic N) is 2. The summed E-state index contributed by atoms with van der Waals surface area (Å²) in [4.78, 5) is 15.7. The summed E-state index contributed by atoms with van der Waals surface area (Å²) in [6.07, 6.45) is 0. The van der Waals surface area contributed by atoms with Crippen LogP contribution in [0.2, 0.25) is 0 Å². The van der Waals surface area contributed by atoms with Crippen LogP contribution in [0.1, 0.15) is 176 Å². The molecule has 0 saturated heterocycles. The topological polar surface area (TPSA) is 6.48 Å². The lowest BCUT2D eigenvalue weighted by atomic mass is 9.37. The van der Waals surface area contributed by atoms with Crippen molar-refractivity contribution in [3.05, 3.63) is 328 Å². The largest absolute Gasteiger partial charge is 0.310 e. The van der Waals surface area contributed by atoms with Gasteiger partial charge in [0, 0.05) is 94.8 Å². The summed E-state index contributed by atoms with van der Waals surface area (Å²) < 4.78 is 0. The molecule has 11 aromatic carbocycles. The maximum atomic E-state index is 2.59. The molecule has 20 rings (SSSR count). The van der Waals surface area contributed by atoms with E-state index in [1.54, 1.807) is 0 Å². The first kappa shape index (κ1) is 69.1. The van der Waals surface area contributed by atoms with Crippen molar-refractivity contribution >= 4 is 103 Å². The van der Waals surface area contributed by atoms with Gasteiger partial charge in [-0.05, 0) is 255 Å². The van der Waals surface area contributed by atoms with Gasteiger partial charge in [0.1, 0.15) is 0 Å². The van der Waals surface area contributed by atoms with Crippen LogP contribution in [0.15, 0.2) is 267 Å². The summed E-state index contributed by atoms with van der Waals surface area (Å²) in [5.74, 6) is 1.14. The molecule has 0 fully saturated rings. The van der Waals surface area contributed by atoms with Gasteiger partial charge in [-0.1, -0.05) is 260 Å². The molecule has 7 heteroatoms. The lowest BCUT2D eigenvalue weighted by molar-refractivity contribution is 0.659. The zero-order valence-corrected chi connectivity index (χ0v) is 68.5. The molecule has 110 heavy (non-hydrogen) atoms. The number of hydrogen-bond acceptors (Lipinski definition) is 6. The molecule has 0 amide bonds. The number of rotatable bonds is 14. The van der Waals surface area contributed by atoms with Gasteiger partial charge in [0.05, 0.1) is 0 Å². The number of fused-ring (bicyclic) bond motifs is 15. The Kier molecular flexibility index (Phi) is 15.8. The maximum absolute atomic E-state index is 2.59. The van der Waals surface area contributed by atoms with E-state index in [4.69, 9.17) is 0 Å². The molecular formula is C103H89BN2S4. The van der Waals surface area contributed by atoms with Crippen LogP contribution in [0.25, 0.3) is 94.7 Å². The quantitative estimate of drug-likeness (QED) is 0.100. The fourth-order valence-corrected chi connectivity index (χ4v) is 24.4. The van der Waals surface area contributed by atoms with Crippen LogP contribution in [0, 0.1) is 0 Å². The molecule has 0 saturated carbocycles. The van der Waals surface area contributed by atoms with Gasteiger partial charge in [0.15, 0.2) is 0 Å². The SMILES string of the molecule is CC(C)c1cc(C(C)C)c(B2c3cc(-c4ccc(-c5ccc(N(c6ccc7c(c6)C(C)(C)c6ccccc6-7)c6ccc7c(c6)C(C)(C)c6ccccc6-7)cc5)s4)sc3-c3sc(-c4ccc(-c5ccc(N(c6ccc7c(c6)C(C)(C)c6ccccc6-7)c6ccc7c(c6)C(C)(C)c6ccccc6-7)cc5)s4)cc32)c(C(C)C)c1. The molecular weight excluding hydrogens is 1400 g/mol. The minimum absolute atomic E-state index is 0.120. The highest BCUT2D eigenvalue weighted by molar-refractivity contribution is 7.33. The number of hydrogen-bond donors (Lipinski definition) is 0. The second-order valence-corrected chi connectivity index (χ2v) is 38.8. The van der Waals surface area contributed by atoms with E-state index in [0.717, 1.165) is 11.4 Å². The van der Waals surface area contributed by atoms with E-state index < -0.39 is 0 Å². The van der Waals surface area contributed by atoms with Crippen LogP contribution in [-0.2, 0) is 21.7 Å². The highest BCUT2D eigenvalue weighted by atomic mass is 32.1. The van der Waals surface area contributed by atoms with Crippen molar-refractivity contribution in [3.63, 3.8) is 0 Å². The summed E-state index contributed by atoms with van der Waals surface area (Å²) in [6.45, 7) is 33.6. The van der Waals surface area contributed by atoms with Crippen molar-refractivity contribution in [2.24, 2.45) is 0 Å². The minimum atomic E-state index is -0.132. The van der Waals surface area contributed by atoms with Gasteiger partial charge in [-0.15, -0.1) is 45.3 Å². The van der Waals surface area contributed by atoms with Gasteiger partial charge in [-0.2, -0.15) is 0 Å². The van der Waals surface area contributed by atoms with E-state index in [-0.39, 0.29) is 28.4 Å². The van der Waals surface area contributed by atoms with Gasteiger partial charge in [-0.3, -0.25) is 0 Å². The zero-order valence-electron chi connectivity index (χ0n) is 65.2. The fourth-order valence-electron chi connectivity index (χ4n) is 19.7. The molecule has 0 unspecified atom stereocenters. The lowest BCUT2D eigenvalue weighted by Crippen LogP contribution is -2.51. The third-order valence-electron chi connectivity index (χ3n) is 25.6. The Morgan fingerprint density at radius 1 is 0.255 bits per heavy atom. The standard InChI is InChI=1S/C103H89BN2S4/c1-59(2)64-51-79(60(3)4)97(80(52-64)61(5)6)104-89-57-95(93-49-47-91(107-93)62-31-35-65(36-32-62)105(67-39-43-75-71-23-15-19-27-81(71)100(7,8)85(75)53-67)68-40-44-76-72-24-16-20-28-82(72)101(9,10)86(76)54-68)109-98(89)99-90(104)58-96(110-99)94-50-48-92(108-94)63-33-37-66(38-34-63)106(69-41-45-77-73-25-17-21-29-83(73)102(11,12)87(77)55-69)70-42-46-78-74-26-18-22-30-84(74)103(13,14)88(78)56-70/h15-61H,1-14H3. The van der Waals surface area contributed by atoms with Gasteiger partial charge in [0.2, 0.25) is 6.71 Å². The Morgan fingerprint density at radius 2 is 0.536 bits per heavy atom. The summed E-state index contributed by atoms with van der Waals surface area (Å²) in [5.41, 5.74) is 39.4. The predicted octanol–water partition coefficient (Wildman–Crippen LogP) is 28.6. The molecule has 0 spiro atoms. The normalized spacial score (nSPS) is 15.0. The number of thiophene rings is 4. The zero-order chi connectivity index (χ0) is 75.3. The minimum Gasteiger partial charge on any atom is -0.310 e. The highest BCUT2D eigenvalue weighted by Crippen LogP contribution is 2.57. The van der Waals surface area contributed by atoms with Crippen molar-refractivity contribution in [1.82, 2.24) is 0 Å². The molecule has 5 heterocycles. The predicted molar refractivity (Wildman–Crippen MR) is 478 cm³/mol. The Labute approximate surface area is 666 Å². The van der Waals surface area contributed by atoms with Gasteiger partial charge in [-0.25, -0.2) is 0 Å². The molecule has 0 radical (unpaired) electrons. The van der Waals surface area contributed by atoms with E-state index in [1.165, 1.54) is 195 Å². The second-order valence-electron chi connectivity index (χ2n) is 34.5. The first-order valence-electron chi connectivity index (χ1n) is 39.5. The average Bonchev–Trinajstić information content (AvgIpc) is 1.56. The average molecular weight is 1490 g/mol. The molecule has 1 aliphatic heterocycles. The molecule has 538 valence electrons. The summed E-state index contributed by atoms with van der Waals surface area (Å²) in [7, 11) is 0. The van der Waals surface area contributed by atoms with Gasteiger partial charge >= 0.3 is 0 Å². The van der Waals surface area contributed by atoms with Crippen molar-refractivity contribution < 1.29 is 0 Å². The van der Waals surface area contributed by atoms with Crippen molar-refractivity contribution in [2.45, 2.75) is 136 Å². The second kappa shape index (κ2) is 25.2.